The van der Waals surface area contributed by atoms with Crippen molar-refractivity contribution in [3.8, 4) is 0 Å². The predicted octanol–water partition coefficient (Wildman–Crippen LogP) is 2.31. The van der Waals surface area contributed by atoms with E-state index in [-0.39, 0.29) is 11.3 Å². The first-order valence-electron chi connectivity index (χ1n) is 5.39. The van der Waals surface area contributed by atoms with Gasteiger partial charge in [0, 0.05) is 13.1 Å². The van der Waals surface area contributed by atoms with Crippen LogP contribution in [0.5, 0.6) is 0 Å². The third-order valence-electron chi connectivity index (χ3n) is 2.50. The summed E-state index contributed by atoms with van der Waals surface area (Å²) in [6, 6.07) is 4.26. The van der Waals surface area contributed by atoms with Crippen LogP contribution in [-0.4, -0.2) is 29.1 Å². The number of carboxylic acids is 1. The molecule has 0 fully saturated rings. The van der Waals surface area contributed by atoms with Gasteiger partial charge in [-0.2, -0.15) is 0 Å². The first-order chi connectivity index (χ1) is 8.52. The number of para-hydroxylation sites is 1. The van der Waals surface area contributed by atoms with Crippen LogP contribution < -0.4 is 4.90 Å². The molecule has 0 unspecified atom stereocenters. The Morgan fingerprint density at radius 2 is 2.28 bits per heavy atom. The fourth-order valence-corrected chi connectivity index (χ4v) is 1.70. The molecule has 0 amide bonds. The zero-order chi connectivity index (χ0) is 13.7. The molecule has 96 valence electrons. The van der Waals surface area contributed by atoms with Crippen LogP contribution in [-0.2, 0) is 0 Å². The normalized spacial score (nSPS) is 9.83. The van der Waals surface area contributed by atoms with Gasteiger partial charge in [0.1, 0.15) is 11.3 Å². The summed E-state index contributed by atoms with van der Waals surface area (Å²) in [5, 5.41) is 20.0. The lowest BCUT2D eigenvalue weighted by atomic mass is 10.1. The number of rotatable bonds is 6. The van der Waals surface area contributed by atoms with E-state index in [1.807, 2.05) is 6.92 Å². The Bertz CT molecular complexity index is 485. The van der Waals surface area contributed by atoms with Gasteiger partial charge in [0.15, 0.2) is 0 Å². The zero-order valence-electron chi connectivity index (χ0n) is 10.00. The van der Waals surface area contributed by atoms with E-state index < -0.39 is 10.9 Å². The summed E-state index contributed by atoms with van der Waals surface area (Å²) in [6.07, 6.45) is 1.61. The molecule has 0 atom stereocenters. The number of carboxylic acid groups (broad SMARTS) is 1. The Morgan fingerprint density at radius 1 is 1.61 bits per heavy atom. The largest absolute Gasteiger partial charge is 0.477 e. The lowest BCUT2D eigenvalue weighted by Crippen LogP contribution is -2.24. The molecule has 1 N–H and O–H groups in total. The van der Waals surface area contributed by atoms with E-state index in [2.05, 4.69) is 6.58 Å². The molecule has 1 rings (SSSR count). The third-order valence-corrected chi connectivity index (χ3v) is 2.50. The zero-order valence-corrected chi connectivity index (χ0v) is 10.00. The molecule has 18 heavy (non-hydrogen) atoms. The van der Waals surface area contributed by atoms with Crippen LogP contribution in [0, 0.1) is 10.1 Å². The number of nitro groups is 1. The van der Waals surface area contributed by atoms with Crippen molar-refractivity contribution in [2.24, 2.45) is 0 Å². The summed E-state index contributed by atoms with van der Waals surface area (Å²) in [6.45, 7) is 6.35. The number of carbonyl (C=O) groups is 1. The highest BCUT2D eigenvalue weighted by molar-refractivity contribution is 5.95. The smallest absolute Gasteiger partial charge is 0.342 e. The molecule has 6 heteroatoms. The monoisotopic (exact) mass is 250 g/mol. The van der Waals surface area contributed by atoms with Crippen molar-refractivity contribution in [2.75, 3.05) is 18.0 Å². The minimum Gasteiger partial charge on any atom is -0.477 e. The van der Waals surface area contributed by atoms with E-state index in [0.717, 1.165) is 0 Å². The summed E-state index contributed by atoms with van der Waals surface area (Å²) in [5.74, 6) is -1.31. The summed E-state index contributed by atoms with van der Waals surface area (Å²) in [7, 11) is 0. The van der Waals surface area contributed by atoms with Gasteiger partial charge in [-0.05, 0) is 19.1 Å². The molecular formula is C12H14N2O4. The van der Waals surface area contributed by atoms with Crippen LogP contribution in [0.2, 0.25) is 0 Å². The number of likely N-dealkylation sites (N-methyl/N-ethyl adjacent to an activating group) is 1. The van der Waals surface area contributed by atoms with E-state index >= 15 is 0 Å². The number of hydrogen-bond acceptors (Lipinski definition) is 4. The van der Waals surface area contributed by atoms with E-state index in [1.165, 1.54) is 18.2 Å². The molecule has 0 heterocycles. The number of nitro benzene ring substituents is 1. The molecule has 0 saturated heterocycles. The van der Waals surface area contributed by atoms with Crippen LogP contribution in [0.1, 0.15) is 17.3 Å². The van der Waals surface area contributed by atoms with Gasteiger partial charge in [-0.15, -0.1) is 6.58 Å². The van der Waals surface area contributed by atoms with Gasteiger partial charge in [-0.1, -0.05) is 12.1 Å². The first-order valence-corrected chi connectivity index (χ1v) is 5.39. The molecule has 0 bridgehead atoms. The molecular weight excluding hydrogens is 236 g/mol. The summed E-state index contributed by atoms with van der Waals surface area (Å²) in [5.41, 5.74) is -0.393. The topological polar surface area (TPSA) is 83.7 Å². The maximum absolute atomic E-state index is 11.1. The highest BCUT2D eigenvalue weighted by atomic mass is 16.6. The van der Waals surface area contributed by atoms with Gasteiger partial charge in [-0.3, -0.25) is 10.1 Å². The lowest BCUT2D eigenvalue weighted by molar-refractivity contribution is -0.384. The maximum atomic E-state index is 11.1. The van der Waals surface area contributed by atoms with Crippen molar-refractivity contribution in [3.63, 3.8) is 0 Å². The second kappa shape index (κ2) is 5.81. The third kappa shape index (κ3) is 2.65. The van der Waals surface area contributed by atoms with Gasteiger partial charge in [0.05, 0.1) is 4.92 Å². The predicted molar refractivity (Wildman–Crippen MR) is 68.1 cm³/mol. The number of aromatic carboxylic acids is 1. The lowest BCUT2D eigenvalue weighted by Gasteiger charge is -2.21. The van der Waals surface area contributed by atoms with Gasteiger partial charge < -0.3 is 10.0 Å². The molecule has 0 aromatic heterocycles. The van der Waals surface area contributed by atoms with Crippen molar-refractivity contribution in [1.29, 1.82) is 0 Å². The Balaban J connectivity index is 3.42. The summed E-state index contributed by atoms with van der Waals surface area (Å²) >= 11 is 0. The van der Waals surface area contributed by atoms with Crippen molar-refractivity contribution in [2.45, 2.75) is 6.92 Å². The minimum atomic E-state index is -1.31. The van der Waals surface area contributed by atoms with Crippen molar-refractivity contribution in [1.82, 2.24) is 0 Å². The fourth-order valence-electron chi connectivity index (χ4n) is 1.70. The van der Waals surface area contributed by atoms with Crippen molar-refractivity contribution in [3.05, 3.63) is 46.5 Å². The molecule has 0 spiro atoms. The van der Waals surface area contributed by atoms with E-state index in [0.29, 0.717) is 18.8 Å². The van der Waals surface area contributed by atoms with E-state index in [9.17, 15) is 14.9 Å². The maximum Gasteiger partial charge on any atom is 0.342 e. The van der Waals surface area contributed by atoms with Gasteiger partial charge >= 0.3 is 11.7 Å². The molecule has 6 nitrogen and oxygen atoms in total. The molecule has 0 aliphatic heterocycles. The molecule has 0 saturated carbocycles. The van der Waals surface area contributed by atoms with Gasteiger partial charge in [0.2, 0.25) is 0 Å². The Hall–Kier alpha value is -2.37. The van der Waals surface area contributed by atoms with Crippen molar-refractivity contribution >= 4 is 17.3 Å². The van der Waals surface area contributed by atoms with Crippen LogP contribution in [0.3, 0.4) is 0 Å². The summed E-state index contributed by atoms with van der Waals surface area (Å²) < 4.78 is 0. The second-order valence-electron chi connectivity index (χ2n) is 3.56. The standard InChI is InChI=1S/C12H14N2O4/c1-3-8-13(4-2)10-7-5-6-9(12(15)16)11(10)14(17)18/h3,5-7H,1,4,8H2,2H3,(H,15,16). The van der Waals surface area contributed by atoms with Gasteiger partial charge in [-0.25, -0.2) is 4.79 Å². The average molecular weight is 250 g/mol. The number of benzene rings is 1. The molecule has 0 aliphatic carbocycles. The Kier molecular flexibility index (Phi) is 4.42. The van der Waals surface area contributed by atoms with E-state index in [1.54, 1.807) is 11.0 Å². The van der Waals surface area contributed by atoms with Crippen LogP contribution in [0.4, 0.5) is 11.4 Å². The highest BCUT2D eigenvalue weighted by Crippen LogP contribution is 2.31. The Labute approximate surface area is 104 Å². The number of nitrogens with zero attached hydrogens (tertiary/aromatic N) is 2. The quantitative estimate of drug-likeness (QED) is 0.475. The van der Waals surface area contributed by atoms with Crippen LogP contribution in [0.15, 0.2) is 30.9 Å². The van der Waals surface area contributed by atoms with Crippen LogP contribution in [0.25, 0.3) is 0 Å². The van der Waals surface area contributed by atoms with E-state index in [4.69, 9.17) is 5.11 Å². The van der Waals surface area contributed by atoms with Gasteiger partial charge in [0.25, 0.3) is 0 Å². The molecule has 1 aromatic carbocycles. The Morgan fingerprint density at radius 3 is 2.72 bits per heavy atom. The molecule has 0 aliphatic rings. The number of hydrogen-bond donors (Lipinski definition) is 1. The van der Waals surface area contributed by atoms with Crippen LogP contribution >= 0.6 is 0 Å². The van der Waals surface area contributed by atoms with Crippen molar-refractivity contribution < 1.29 is 14.8 Å². The first kappa shape index (κ1) is 13.7. The number of anilines is 1. The fraction of sp³-hybridized carbons (Fsp3) is 0.250. The summed E-state index contributed by atoms with van der Waals surface area (Å²) in [4.78, 5) is 23.1. The average Bonchev–Trinajstić information content (AvgIpc) is 2.34. The molecule has 1 aromatic rings. The minimum absolute atomic E-state index is 0.294. The SMILES string of the molecule is C=CCN(CC)c1cccc(C(=O)O)c1[N+](=O)[O-]. The second-order valence-corrected chi connectivity index (χ2v) is 3.56. The highest BCUT2D eigenvalue weighted by Gasteiger charge is 2.26. The molecule has 0 radical (unpaired) electrons.